The van der Waals surface area contributed by atoms with E-state index in [4.69, 9.17) is 11.6 Å². The van der Waals surface area contributed by atoms with E-state index in [0.717, 1.165) is 32.5 Å². The van der Waals surface area contributed by atoms with Crippen molar-refractivity contribution in [3.8, 4) is 0 Å². The first-order valence-corrected chi connectivity index (χ1v) is 7.75. The summed E-state index contributed by atoms with van der Waals surface area (Å²) >= 11 is 6.15. The average Bonchev–Trinajstić information content (AvgIpc) is 2.48. The van der Waals surface area contributed by atoms with Gasteiger partial charge in [-0.05, 0) is 39.4 Å². The number of nitrogens with one attached hydrogen (secondary N) is 1. The molecule has 0 aromatic carbocycles. The van der Waals surface area contributed by atoms with Gasteiger partial charge >= 0.3 is 0 Å². The molecule has 0 spiro atoms. The van der Waals surface area contributed by atoms with E-state index in [1.54, 1.807) is 6.07 Å². The molecule has 0 saturated carbocycles. The SMILES string of the molecule is CCNc1cc(C(=O)N(C)C2CCCN(C)C2)c(Cl)cn1. The van der Waals surface area contributed by atoms with Gasteiger partial charge in [-0.1, -0.05) is 11.6 Å². The minimum atomic E-state index is -0.0400. The molecule has 0 bridgehead atoms. The molecule has 2 heterocycles. The summed E-state index contributed by atoms with van der Waals surface area (Å²) in [7, 11) is 3.95. The summed E-state index contributed by atoms with van der Waals surface area (Å²) in [6, 6.07) is 1.97. The molecule has 5 nitrogen and oxygen atoms in total. The van der Waals surface area contributed by atoms with E-state index in [1.165, 1.54) is 6.20 Å². The Balaban J connectivity index is 2.16. The summed E-state index contributed by atoms with van der Waals surface area (Å²) in [5.41, 5.74) is 0.512. The number of amides is 1. The second-order valence-electron chi connectivity index (χ2n) is 5.55. The number of halogens is 1. The molecule has 1 aliphatic heterocycles. The van der Waals surface area contributed by atoms with Crippen molar-refractivity contribution in [2.75, 3.05) is 39.0 Å². The first kappa shape index (κ1) is 16.0. The maximum Gasteiger partial charge on any atom is 0.255 e. The van der Waals surface area contributed by atoms with Gasteiger partial charge in [-0.2, -0.15) is 0 Å². The number of rotatable bonds is 4. The molecule has 116 valence electrons. The van der Waals surface area contributed by atoms with Gasteiger partial charge in [0.2, 0.25) is 0 Å². The van der Waals surface area contributed by atoms with E-state index in [-0.39, 0.29) is 11.9 Å². The van der Waals surface area contributed by atoms with Crippen molar-refractivity contribution in [2.45, 2.75) is 25.8 Å². The smallest absolute Gasteiger partial charge is 0.255 e. The standard InChI is InChI=1S/C15H23ClN4O/c1-4-17-14-8-12(13(16)9-18-14)15(21)20(3)11-6-5-7-19(2)10-11/h8-9,11H,4-7,10H2,1-3H3,(H,17,18). The molecule has 1 aromatic heterocycles. The fraction of sp³-hybridized carbons (Fsp3) is 0.600. The van der Waals surface area contributed by atoms with Crippen LogP contribution in [0.3, 0.4) is 0 Å². The molecule has 1 N–H and O–H groups in total. The molecule has 1 aliphatic rings. The highest BCUT2D eigenvalue weighted by Gasteiger charge is 2.26. The number of nitrogens with zero attached hydrogens (tertiary/aromatic N) is 3. The normalized spacial score (nSPS) is 19.3. The van der Waals surface area contributed by atoms with Gasteiger partial charge in [-0.25, -0.2) is 4.98 Å². The van der Waals surface area contributed by atoms with Crippen molar-refractivity contribution in [3.05, 3.63) is 22.8 Å². The molecule has 21 heavy (non-hydrogen) atoms. The highest BCUT2D eigenvalue weighted by Crippen LogP contribution is 2.22. The zero-order valence-corrected chi connectivity index (χ0v) is 13.7. The maximum atomic E-state index is 12.7. The van der Waals surface area contributed by atoms with Gasteiger partial charge in [0, 0.05) is 32.4 Å². The van der Waals surface area contributed by atoms with E-state index in [2.05, 4.69) is 22.2 Å². The predicted molar refractivity (Wildman–Crippen MR) is 86.0 cm³/mol. The lowest BCUT2D eigenvalue weighted by atomic mass is 10.0. The first-order chi connectivity index (χ1) is 10.0. The molecule has 0 aliphatic carbocycles. The predicted octanol–water partition coefficient (Wildman–Crippen LogP) is 2.33. The van der Waals surface area contributed by atoms with Gasteiger partial charge in [-0.15, -0.1) is 0 Å². The number of likely N-dealkylation sites (N-methyl/N-ethyl adjacent to an activating group) is 2. The molecule has 1 amide bonds. The van der Waals surface area contributed by atoms with Crippen LogP contribution in [0.1, 0.15) is 30.1 Å². The summed E-state index contributed by atoms with van der Waals surface area (Å²) < 4.78 is 0. The second kappa shape index (κ2) is 7.09. The fourth-order valence-corrected chi connectivity index (χ4v) is 2.88. The van der Waals surface area contributed by atoms with Crippen molar-refractivity contribution >= 4 is 23.3 Å². The third-order valence-electron chi connectivity index (χ3n) is 3.91. The van der Waals surface area contributed by atoms with Crippen LogP contribution in [0, 0.1) is 0 Å². The molecule has 1 saturated heterocycles. The van der Waals surface area contributed by atoms with Crippen LogP contribution in [0.25, 0.3) is 0 Å². The highest BCUT2D eigenvalue weighted by atomic mass is 35.5. The lowest BCUT2D eigenvalue weighted by Gasteiger charge is -2.36. The Hall–Kier alpha value is -1.33. The van der Waals surface area contributed by atoms with Crippen molar-refractivity contribution in [1.82, 2.24) is 14.8 Å². The quantitative estimate of drug-likeness (QED) is 0.927. The summed E-state index contributed by atoms with van der Waals surface area (Å²) in [6.45, 7) is 4.75. The Labute approximate surface area is 131 Å². The van der Waals surface area contributed by atoms with Crippen LogP contribution in [-0.4, -0.2) is 60.5 Å². The molecule has 6 heteroatoms. The molecule has 0 radical (unpaired) electrons. The van der Waals surface area contributed by atoms with Crippen LogP contribution >= 0.6 is 11.6 Å². The Morgan fingerprint density at radius 3 is 3.05 bits per heavy atom. The number of pyridine rings is 1. The largest absolute Gasteiger partial charge is 0.370 e. The van der Waals surface area contributed by atoms with Gasteiger partial charge in [0.1, 0.15) is 5.82 Å². The van der Waals surface area contributed by atoms with E-state index < -0.39 is 0 Å². The zero-order chi connectivity index (χ0) is 15.4. The number of carbonyl (C=O) groups is 1. The van der Waals surface area contributed by atoms with Crippen LogP contribution in [0.5, 0.6) is 0 Å². The second-order valence-corrected chi connectivity index (χ2v) is 5.96. The lowest BCUT2D eigenvalue weighted by Crippen LogP contribution is -2.47. The maximum absolute atomic E-state index is 12.7. The van der Waals surface area contributed by atoms with Gasteiger partial charge in [-0.3, -0.25) is 4.79 Å². The van der Waals surface area contributed by atoms with Gasteiger partial charge < -0.3 is 15.1 Å². The van der Waals surface area contributed by atoms with E-state index in [9.17, 15) is 4.79 Å². The first-order valence-electron chi connectivity index (χ1n) is 7.38. The topological polar surface area (TPSA) is 48.5 Å². The van der Waals surface area contributed by atoms with Crippen LogP contribution in [-0.2, 0) is 0 Å². The van der Waals surface area contributed by atoms with Gasteiger partial charge in [0.15, 0.2) is 0 Å². The lowest BCUT2D eigenvalue weighted by molar-refractivity contribution is 0.0644. The number of anilines is 1. The molecular formula is C15H23ClN4O. The zero-order valence-electron chi connectivity index (χ0n) is 12.9. The minimum Gasteiger partial charge on any atom is -0.370 e. The van der Waals surface area contributed by atoms with Crippen LogP contribution < -0.4 is 5.32 Å². The van der Waals surface area contributed by atoms with Crippen LogP contribution in [0.15, 0.2) is 12.3 Å². The minimum absolute atomic E-state index is 0.0400. The molecule has 2 rings (SSSR count). The number of hydrogen-bond acceptors (Lipinski definition) is 4. The highest BCUT2D eigenvalue weighted by molar-refractivity contribution is 6.33. The van der Waals surface area contributed by atoms with Crippen molar-refractivity contribution in [1.29, 1.82) is 0 Å². The summed E-state index contributed by atoms with van der Waals surface area (Å²) in [4.78, 5) is 20.9. The van der Waals surface area contributed by atoms with Crippen LogP contribution in [0.4, 0.5) is 5.82 Å². The van der Waals surface area contributed by atoms with E-state index in [1.807, 2.05) is 18.9 Å². The summed E-state index contributed by atoms with van der Waals surface area (Å²) in [5, 5.41) is 3.51. The third-order valence-corrected chi connectivity index (χ3v) is 4.21. The number of piperidine rings is 1. The molecule has 1 unspecified atom stereocenters. The number of aromatic nitrogens is 1. The number of hydrogen-bond donors (Lipinski definition) is 1. The fourth-order valence-electron chi connectivity index (χ4n) is 2.69. The third kappa shape index (κ3) is 3.86. The average molecular weight is 311 g/mol. The summed E-state index contributed by atoms with van der Waals surface area (Å²) in [6.07, 6.45) is 3.69. The van der Waals surface area contributed by atoms with Gasteiger partial charge in [0.05, 0.1) is 10.6 Å². The van der Waals surface area contributed by atoms with Crippen molar-refractivity contribution in [2.24, 2.45) is 0 Å². The Bertz CT molecular complexity index is 508. The Morgan fingerprint density at radius 2 is 2.38 bits per heavy atom. The molecular weight excluding hydrogens is 288 g/mol. The van der Waals surface area contributed by atoms with Gasteiger partial charge in [0.25, 0.3) is 5.91 Å². The van der Waals surface area contributed by atoms with E-state index in [0.29, 0.717) is 16.4 Å². The number of likely N-dealkylation sites (tertiary alicyclic amines) is 1. The van der Waals surface area contributed by atoms with Crippen molar-refractivity contribution in [3.63, 3.8) is 0 Å². The van der Waals surface area contributed by atoms with Crippen molar-refractivity contribution < 1.29 is 4.79 Å². The monoisotopic (exact) mass is 310 g/mol. The molecule has 1 fully saturated rings. The Morgan fingerprint density at radius 1 is 1.62 bits per heavy atom. The molecule has 1 aromatic rings. The molecule has 1 atom stereocenters. The van der Waals surface area contributed by atoms with E-state index >= 15 is 0 Å². The Kier molecular flexibility index (Phi) is 5.42. The van der Waals surface area contributed by atoms with Crippen LogP contribution in [0.2, 0.25) is 5.02 Å². The summed E-state index contributed by atoms with van der Waals surface area (Å²) in [5.74, 6) is 0.640. The number of carbonyl (C=O) groups excluding carboxylic acids is 1.